The van der Waals surface area contributed by atoms with Gasteiger partial charge < -0.3 is 24.6 Å². The molecule has 0 aliphatic heterocycles. The number of carboxylic acids is 3. The average Bonchev–Trinajstić information content (AvgIpc) is 2.51. The largest absolute Gasteiger partial charge is 0.550 e. The monoisotopic (exact) mass is 345 g/mol. The van der Waals surface area contributed by atoms with Gasteiger partial charge in [-0.05, 0) is 12.8 Å². The molecule has 0 bridgehead atoms. The van der Waals surface area contributed by atoms with Gasteiger partial charge in [0.2, 0.25) is 0 Å². The van der Waals surface area contributed by atoms with Gasteiger partial charge in [-0.3, -0.25) is 9.59 Å². The highest BCUT2D eigenvalue weighted by molar-refractivity contribution is 5.67. The highest BCUT2D eigenvalue weighted by Gasteiger charge is 2.28. The van der Waals surface area contributed by atoms with Crippen LogP contribution in [0.4, 0.5) is 0 Å². The Bertz CT molecular complexity index is 351. The predicted molar refractivity (Wildman–Crippen MR) is 87.2 cm³/mol. The van der Waals surface area contributed by atoms with E-state index in [1.165, 1.54) is 6.42 Å². The van der Waals surface area contributed by atoms with Crippen molar-refractivity contribution in [1.82, 2.24) is 0 Å². The fraction of sp³-hybridized carbons (Fsp3) is 0.824. The van der Waals surface area contributed by atoms with E-state index >= 15 is 0 Å². The topological polar surface area (TPSA) is 115 Å². The summed E-state index contributed by atoms with van der Waals surface area (Å²) in [5, 5.41) is 28.7. The van der Waals surface area contributed by atoms with Crippen LogP contribution in [0, 0.1) is 0 Å². The van der Waals surface area contributed by atoms with Gasteiger partial charge in [-0.25, -0.2) is 0 Å². The number of carbonyl (C=O) groups excluding carboxylic acids is 1. The maximum atomic E-state index is 10.9. The first-order valence-electron chi connectivity index (χ1n) is 8.80. The first kappa shape index (κ1) is 22.4. The van der Waals surface area contributed by atoms with Gasteiger partial charge in [0.15, 0.2) is 0 Å². The maximum absolute atomic E-state index is 10.9. The van der Waals surface area contributed by atoms with E-state index in [2.05, 4.69) is 6.92 Å². The predicted octanol–water partition coefficient (Wildman–Crippen LogP) is 1.25. The molecular weight excluding hydrogens is 314 g/mol. The van der Waals surface area contributed by atoms with Crippen LogP contribution >= 0.6 is 0 Å². The van der Waals surface area contributed by atoms with Crippen LogP contribution in [0.2, 0.25) is 0 Å². The van der Waals surface area contributed by atoms with Gasteiger partial charge in [-0.2, -0.15) is 0 Å². The van der Waals surface area contributed by atoms with E-state index in [4.69, 9.17) is 10.2 Å². The van der Waals surface area contributed by atoms with Crippen LogP contribution in [-0.2, 0) is 14.4 Å². The Balaban J connectivity index is 4.75. The Hall–Kier alpha value is -1.63. The van der Waals surface area contributed by atoms with Crippen molar-refractivity contribution in [3.63, 3.8) is 0 Å². The third-order valence-electron chi connectivity index (χ3n) is 4.38. The number of aliphatic carboxylic acids is 3. The Morgan fingerprint density at radius 1 is 0.750 bits per heavy atom. The number of hydrogen-bond acceptors (Lipinski definition) is 4. The maximum Gasteiger partial charge on any atom is 0.309 e. The summed E-state index contributed by atoms with van der Waals surface area (Å²) >= 11 is 0. The molecular formula is C17H31NO6. The molecule has 0 saturated carbocycles. The number of hydrogen-bond donors (Lipinski definition) is 2. The van der Waals surface area contributed by atoms with Crippen molar-refractivity contribution in [2.75, 3.05) is 26.2 Å². The minimum Gasteiger partial charge on any atom is -0.550 e. The Labute approximate surface area is 143 Å². The summed E-state index contributed by atoms with van der Waals surface area (Å²) in [6.07, 6.45) is 6.04. The fourth-order valence-electron chi connectivity index (χ4n) is 2.89. The zero-order valence-electron chi connectivity index (χ0n) is 14.7. The average molecular weight is 345 g/mol. The lowest BCUT2D eigenvalue weighted by molar-refractivity contribution is -0.927. The molecule has 0 atom stereocenters. The quantitative estimate of drug-likeness (QED) is 0.321. The minimum absolute atomic E-state index is 0.0947. The molecule has 24 heavy (non-hydrogen) atoms. The lowest BCUT2D eigenvalue weighted by Crippen LogP contribution is -2.53. The number of rotatable bonds is 16. The molecule has 0 aromatic rings. The molecule has 0 radical (unpaired) electrons. The summed E-state index contributed by atoms with van der Waals surface area (Å²) in [5.74, 6) is -3.10. The molecule has 0 aliphatic carbocycles. The van der Waals surface area contributed by atoms with Crippen molar-refractivity contribution < 1.29 is 34.2 Å². The fourth-order valence-corrected chi connectivity index (χ4v) is 2.89. The zero-order chi connectivity index (χ0) is 18.4. The van der Waals surface area contributed by atoms with Crippen molar-refractivity contribution in [2.24, 2.45) is 0 Å². The Kier molecular flexibility index (Phi) is 11.9. The van der Waals surface area contributed by atoms with Crippen molar-refractivity contribution in [3.05, 3.63) is 0 Å². The molecule has 0 aromatic carbocycles. The summed E-state index contributed by atoms with van der Waals surface area (Å²) in [5.41, 5.74) is 0. The summed E-state index contributed by atoms with van der Waals surface area (Å²) in [6.45, 7) is 3.48. The lowest BCUT2D eigenvalue weighted by Gasteiger charge is -2.38. The highest BCUT2D eigenvalue weighted by Crippen LogP contribution is 2.16. The smallest absolute Gasteiger partial charge is 0.309 e. The van der Waals surface area contributed by atoms with Crippen LogP contribution in [0.1, 0.15) is 64.7 Å². The second-order valence-corrected chi connectivity index (χ2v) is 6.41. The lowest BCUT2D eigenvalue weighted by atomic mass is 10.1. The number of carboxylic acid groups (broad SMARTS) is 3. The van der Waals surface area contributed by atoms with Crippen LogP contribution < -0.4 is 5.11 Å². The third-order valence-corrected chi connectivity index (χ3v) is 4.38. The number of nitrogens with zero attached hydrogens (tertiary/aromatic N) is 1. The first-order chi connectivity index (χ1) is 11.3. The molecule has 0 saturated heterocycles. The van der Waals surface area contributed by atoms with Crippen molar-refractivity contribution in [1.29, 1.82) is 0 Å². The summed E-state index contributed by atoms with van der Waals surface area (Å²) in [6, 6.07) is 0. The molecule has 0 unspecified atom stereocenters. The molecule has 140 valence electrons. The van der Waals surface area contributed by atoms with Gasteiger partial charge in [0.05, 0.1) is 39.0 Å². The van der Waals surface area contributed by atoms with Crippen LogP contribution in [0.3, 0.4) is 0 Å². The molecule has 7 nitrogen and oxygen atoms in total. The van der Waals surface area contributed by atoms with Gasteiger partial charge in [0, 0.05) is 12.4 Å². The van der Waals surface area contributed by atoms with Crippen LogP contribution in [0.5, 0.6) is 0 Å². The standard InChI is InChI=1S/C17H31NO6/c1-2-3-4-5-6-7-11-18(12-8-15(19)20,13-9-16(21)22)14-10-17(23)24/h2-14H2,1H3,(H2-,19,20,21,22,23,24). The van der Waals surface area contributed by atoms with Gasteiger partial charge >= 0.3 is 11.9 Å². The van der Waals surface area contributed by atoms with Gasteiger partial charge in [-0.1, -0.05) is 32.6 Å². The van der Waals surface area contributed by atoms with Crippen LogP contribution in [0.15, 0.2) is 0 Å². The van der Waals surface area contributed by atoms with E-state index in [0.717, 1.165) is 32.1 Å². The minimum atomic E-state index is -1.19. The van der Waals surface area contributed by atoms with Crippen molar-refractivity contribution >= 4 is 17.9 Å². The SMILES string of the molecule is CCCCCCCC[N+](CCC(=O)[O-])(CCC(=O)O)CCC(=O)O. The van der Waals surface area contributed by atoms with E-state index in [1.807, 2.05) is 0 Å². The molecule has 0 rings (SSSR count). The number of quaternary nitrogens is 1. The van der Waals surface area contributed by atoms with E-state index in [0.29, 0.717) is 6.54 Å². The summed E-state index contributed by atoms with van der Waals surface area (Å²) < 4.78 is 0.223. The molecule has 7 heteroatoms. The zero-order valence-corrected chi connectivity index (χ0v) is 14.7. The van der Waals surface area contributed by atoms with E-state index in [9.17, 15) is 19.5 Å². The molecule has 0 fully saturated rings. The second-order valence-electron chi connectivity index (χ2n) is 6.41. The van der Waals surface area contributed by atoms with Gasteiger partial charge in [0.25, 0.3) is 0 Å². The number of unbranched alkanes of at least 4 members (excludes halogenated alkanes) is 5. The number of carbonyl (C=O) groups is 3. The Morgan fingerprint density at radius 3 is 1.67 bits per heavy atom. The van der Waals surface area contributed by atoms with Crippen LogP contribution in [-0.4, -0.2) is 58.8 Å². The van der Waals surface area contributed by atoms with Crippen LogP contribution in [0.25, 0.3) is 0 Å². The van der Waals surface area contributed by atoms with Gasteiger partial charge in [0.1, 0.15) is 0 Å². The normalized spacial score (nSPS) is 11.4. The molecule has 0 heterocycles. The molecule has 2 N–H and O–H groups in total. The van der Waals surface area contributed by atoms with E-state index < -0.39 is 17.9 Å². The molecule has 0 aromatic heterocycles. The van der Waals surface area contributed by atoms with Gasteiger partial charge in [-0.15, -0.1) is 0 Å². The summed E-state index contributed by atoms with van der Waals surface area (Å²) in [7, 11) is 0. The van der Waals surface area contributed by atoms with Crippen molar-refractivity contribution in [2.45, 2.75) is 64.7 Å². The summed E-state index contributed by atoms with van der Waals surface area (Å²) in [4.78, 5) is 32.6. The van der Waals surface area contributed by atoms with E-state index in [1.54, 1.807) is 0 Å². The first-order valence-corrected chi connectivity index (χ1v) is 8.80. The highest BCUT2D eigenvalue weighted by atomic mass is 16.4. The molecule has 0 amide bonds. The Morgan fingerprint density at radius 2 is 1.21 bits per heavy atom. The molecule has 0 aliphatic rings. The van der Waals surface area contributed by atoms with E-state index in [-0.39, 0.29) is 43.4 Å². The third kappa shape index (κ3) is 11.9. The van der Waals surface area contributed by atoms with Crippen molar-refractivity contribution in [3.8, 4) is 0 Å². The second kappa shape index (κ2) is 12.8. The molecule has 0 spiro atoms.